The van der Waals surface area contributed by atoms with Crippen molar-refractivity contribution in [2.75, 3.05) is 24.0 Å². The van der Waals surface area contributed by atoms with Crippen molar-refractivity contribution in [3.63, 3.8) is 0 Å². The molecule has 2 amide bonds. The van der Waals surface area contributed by atoms with Crippen LogP contribution in [-0.4, -0.2) is 50.9 Å². The molecule has 0 fully saturated rings. The molecule has 0 aliphatic carbocycles. The van der Waals surface area contributed by atoms with Gasteiger partial charge in [0.1, 0.15) is 24.2 Å². The standard InChI is InChI=1S/C34H35ClFN3O5S/c1-3-37-34(41)32(22-25-10-6-5-7-11-25)38(23-26-12-8-9-13-31(26)36)33(40)24-39(28-16-18-29(19-17-28)44-4-2)45(42,43)30-20-14-27(35)15-21-30/h5-21,32H,3-4,22-24H2,1-2H3,(H,37,41)/t32-/m0/s1. The lowest BCUT2D eigenvalue weighted by atomic mass is 10.0. The van der Waals surface area contributed by atoms with E-state index in [4.69, 9.17) is 16.3 Å². The summed E-state index contributed by atoms with van der Waals surface area (Å²) in [4.78, 5) is 29.0. The van der Waals surface area contributed by atoms with Crippen LogP contribution in [0.3, 0.4) is 0 Å². The number of anilines is 1. The first-order chi connectivity index (χ1) is 21.6. The maximum atomic E-state index is 15.0. The Morgan fingerprint density at radius 2 is 1.53 bits per heavy atom. The minimum Gasteiger partial charge on any atom is -0.494 e. The number of nitrogens with one attached hydrogen (secondary N) is 1. The number of nitrogens with zero attached hydrogens (tertiary/aromatic N) is 2. The third-order valence-corrected chi connectivity index (χ3v) is 9.08. The monoisotopic (exact) mass is 651 g/mol. The van der Waals surface area contributed by atoms with E-state index in [-0.39, 0.29) is 29.1 Å². The molecular formula is C34H35ClFN3O5S. The van der Waals surface area contributed by atoms with Crippen LogP contribution in [0.2, 0.25) is 5.02 Å². The van der Waals surface area contributed by atoms with Gasteiger partial charge in [-0.15, -0.1) is 0 Å². The van der Waals surface area contributed by atoms with Crippen LogP contribution in [-0.2, 0) is 32.6 Å². The van der Waals surface area contributed by atoms with Gasteiger partial charge in [0.25, 0.3) is 10.0 Å². The SMILES string of the molecule is CCNC(=O)[C@H](Cc1ccccc1)N(Cc1ccccc1F)C(=O)CN(c1ccc(OCC)cc1)S(=O)(=O)c1ccc(Cl)cc1. The van der Waals surface area contributed by atoms with Gasteiger partial charge in [-0.3, -0.25) is 13.9 Å². The largest absolute Gasteiger partial charge is 0.494 e. The van der Waals surface area contributed by atoms with Gasteiger partial charge in [0.05, 0.1) is 17.2 Å². The summed E-state index contributed by atoms with van der Waals surface area (Å²) >= 11 is 6.03. The van der Waals surface area contributed by atoms with E-state index in [0.29, 0.717) is 23.9 Å². The first kappa shape index (κ1) is 33.5. The van der Waals surface area contributed by atoms with Gasteiger partial charge < -0.3 is 15.0 Å². The molecule has 4 rings (SSSR count). The fourth-order valence-electron chi connectivity index (χ4n) is 4.79. The Labute approximate surface area is 268 Å². The van der Waals surface area contributed by atoms with Crippen LogP contribution in [0.1, 0.15) is 25.0 Å². The number of hydrogen-bond donors (Lipinski definition) is 1. The fraction of sp³-hybridized carbons (Fsp3) is 0.235. The molecule has 0 unspecified atom stereocenters. The van der Waals surface area contributed by atoms with Crippen molar-refractivity contribution in [1.29, 1.82) is 0 Å². The number of ether oxygens (including phenoxy) is 1. The van der Waals surface area contributed by atoms with Gasteiger partial charge in [0.15, 0.2) is 0 Å². The molecule has 0 saturated carbocycles. The molecule has 1 N–H and O–H groups in total. The third kappa shape index (κ3) is 8.61. The van der Waals surface area contributed by atoms with Crippen molar-refractivity contribution in [2.45, 2.75) is 37.8 Å². The highest BCUT2D eigenvalue weighted by molar-refractivity contribution is 7.92. The quantitative estimate of drug-likeness (QED) is 0.185. The molecule has 4 aromatic rings. The molecule has 0 radical (unpaired) electrons. The Kier molecular flexibility index (Phi) is 11.6. The van der Waals surface area contributed by atoms with Crippen molar-refractivity contribution in [3.05, 3.63) is 125 Å². The van der Waals surface area contributed by atoms with E-state index in [0.717, 1.165) is 9.87 Å². The molecule has 1 atom stereocenters. The first-order valence-corrected chi connectivity index (χ1v) is 16.3. The second kappa shape index (κ2) is 15.5. The summed E-state index contributed by atoms with van der Waals surface area (Å²) in [5.74, 6) is -1.17. The zero-order valence-corrected chi connectivity index (χ0v) is 26.6. The fourth-order valence-corrected chi connectivity index (χ4v) is 6.33. The van der Waals surface area contributed by atoms with Gasteiger partial charge in [-0.25, -0.2) is 12.8 Å². The molecule has 236 valence electrons. The number of carbonyl (C=O) groups excluding carboxylic acids is 2. The highest BCUT2D eigenvalue weighted by atomic mass is 35.5. The van der Waals surface area contributed by atoms with Gasteiger partial charge in [-0.05, 0) is 74.0 Å². The zero-order valence-electron chi connectivity index (χ0n) is 25.0. The summed E-state index contributed by atoms with van der Waals surface area (Å²) in [5, 5.41) is 3.13. The smallest absolute Gasteiger partial charge is 0.264 e. The molecule has 0 bridgehead atoms. The van der Waals surface area contributed by atoms with Crippen molar-refractivity contribution >= 4 is 39.1 Å². The van der Waals surface area contributed by atoms with Crippen LogP contribution >= 0.6 is 11.6 Å². The molecule has 4 aromatic carbocycles. The Balaban J connectivity index is 1.80. The average molecular weight is 652 g/mol. The van der Waals surface area contributed by atoms with E-state index in [9.17, 15) is 22.4 Å². The van der Waals surface area contributed by atoms with Crippen molar-refractivity contribution in [2.24, 2.45) is 0 Å². The third-order valence-electron chi connectivity index (χ3n) is 7.04. The van der Waals surface area contributed by atoms with Crippen LogP contribution in [0.25, 0.3) is 0 Å². The maximum Gasteiger partial charge on any atom is 0.264 e. The van der Waals surface area contributed by atoms with Gasteiger partial charge in [-0.1, -0.05) is 60.1 Å². The summed E-state index contributed by atoms with van der Waals surface area (Å²) in [6, 6.07) is 25.9. The number of amides is 2. The lowest BCUT2D eigenvalue weighted by molar-refractivity contribution is -0.140. The zero-order chi connectivity index (χ0) is 32.4. The highest BCUT2D eigenvalue weighted by Crippen LogP contribution is 2.28. The molecule has 0 heterocycles. The summed E-state index contributed by atoms with van der Waals surface area (Å²) in [5.41, 5.74) is 1.16. The predicted octanol–water partition coefficient (Wildman–Crippen LogP) is 5.85. The minimum atomic E-state index is -4.31. The number of likely N-dealkylation sites (N-methyl/N-ethyl adjacent to an activating group) is 1. The lowest BCUT2D eigenvalue weighted by Crippen LogP contribution is -2.53. The van der Waals surface area contributed by atoms with E-state index in [2.05, 4.69) is 5.32 Å². The predicted molar refractivity (Wildman–Crippen MR) is 173 cm³/mol. The summed E-state index contributed by atoms with van der Waals surface area (Å²) in [7, 11) is -4.31. The van der Waals surface area contributed by atoms with Crippen molar-refractivity contribution in [3.8, 4) is 5.75 Å². The van der Waals surface area contributed by atoms with Crippen LogP contribution in [0.4, 0.5) is 10.1 Å². The minimum absolute atomic E-state index is 0.0844. The van der Waals surface area contributed by atoms with E-state index in [1.54, 1.807) is 25.1 Å². The van der Waals surface area contributed by atoms with E-state index in [1.807, 2.05) is 37.3 Å². The number of hydrogen-bond acceptors (Lipinski definition) is 5. The molecule has 11 heteroatoms. The number of benzene rings is 4. The Bertz CT molecular complexity index is 1690. The van der Waals surface area contributed by atoms with Gasteiger partial charge >= 0.3 is 0 Å². The highest BCUT2D eigenvalue weighted by Gasteiger charge is 2.35. The molecule has 0 aliphatic heterocycles. The lowest BCUT2D eigenvalue weighted by Gasteiger charge is -2.34. The molecular weight excluding hydrogens is 617 g/mol. The first-order valence-electron chi connectivity index (χ1n) is 14.5. The number of carbonyl (C=O) groups is 2. The van der Waals surface area contributed by atoms with Crippen LogP contribution in [0.15, 0.2) is 108 Å². The molecule has 0 aromatic heterocycles. The Hall–Kier alpha value is -4.41. The second-order valence-electron chi connectivity index (χ2n) is 10.1. The van der Waals surface area contributed by atoms with E-state index >= 15 is 0 Å². The Morgan fingerprint density at radius 1 is 0.889 bits per heavy atom. The van der Waals surface area contributed by atoms with Gasteiger partial charge in [0, 0.05) is 30.1 Å². The molecule has 0 saturated heterocycles. The van der Waals surface area contributed by atoms with Crippen molar-refractivity contribution in [1.82, 2.24) is 10.2 Å². The summed E-state index contributed by atoms with van der Waals surface area (Å²) in [6.07, 6.45) is 0.125. The Morgan fingerprint density at radius 3 is 2.16 bits per heavy atom. The van der Waals surface area contributed by atoms with E-state index in [1.165, 1.54) is 59.5 Å². The van der Waals surface area contributed by atoms with Gasteiger partial charge in [-0.2, -0.15) is 0 Å². The number of rotatable bonds is 14. The summed E-state index contributed by atoms with van der Waals surface area (Å²) < 4.78 is 49.6. The molecule has 0 spiro atoms. The van der Waals surface area contributed by atoms with E-state index < -0.39 is 40.2 Å². The topological polar surface area (TPSA) is 96.0 Å². The number of sulfonamides is 1. The average Bonchev–Trinajstić information content (AvgIpc) is 3.03. The molecule has 45 heavy (non-hydrogen) atoms. The van der Waals surface area contributed by atoms with Crippen LogP contribution < -0.4 is 14.4 Å². The molecule has 0 aliphatic rings. The summed E-state index contributed by atoms with van der Waals surface area (Å²) in [6.45, 7) is 3.37. The molecule has 8 nitrogen and oxygen atoms in total. The van der Waals surface area contributed by atoms with Crippen LogP contribution in [0, 0.1) is 5.82 Å². The second-order valence-corrected chi connectivity index (χ2v) is 12.4. The normalized spacial score (nSPS) is 11.8. The van der Waals surface area contributed by atoms with Crippen LogP contribution in [0.5, 0.6) is 5.75 Å². The maximum absolute atomic E-state index is 15.0. The van der Waals surface area contributed by atoms with Gasteiger partial charge in [0.2, 0.25) is 11.8 Å². The number of halogens is 2. The van der Waals surface area contributed by atoms with Crippen molar-refractivity contribution < 1.29 is 27.1 Å².